The molecule has 0 amide bonds. The Hall–Kier alpha value is -1.53. The van der Waals surface area contributed by atoms with Crippen LogP contribution < -0.4 is 4.90 Å². The molecule has 0 radical (unpaired) electrons. The van der Waals surface area contributed by atoms with Gasteiger partial charge in [-0.25, -0.2) is 9.97 Å². The molecule has 3 N–H and O–H groups in total. The van der Waals surface area contributed by atoms with Crippen LogP contribution >= 0.6 is 35.6 Å². The molecule has 140 valence electrons. The fourth-order valence-electron chi connectivity index (χ4n) is 3.26. The molecule has 0 bridgehead atoms. The first-order chi connectivity index (χ1) is 11.6. The van der Waals surface area contributed by atoms with Gasteiger partial charge in [0.05, 0.1) is 15.6 Å². The number of nitrogens with zero attached hydrogens (tertiary/aromatic N) is 3. The number of benzene rings is 1. The van der Waals surface area contributed by atoms with Gasteiger partial charge in [-0.05, 0) is 49.9 Å². The maximum absolute atomic E-state index is 6.16. The number of hydrogen-bond donors (Lipinski definition) is 1. The molecule has 8 heteroatoms. The SMILES string of the molecule is Cc1nc(N2CCCCC2)c2[nH]c(-c3ccc(Cl)c(Cl)c3)cc2n1.Cl.O. The number of aromatic nitrogens is 3. The highest BCUT2D eigenvalue weighted by Gasteiger charge is 2.18. The maximum Gasteiger partial charge on any atom is 0.156 e. The van der Waals surface area contributed by atoms with Gasteiger partial charge in [-0.3, -0.25) is 0 Å². The number of halogens is 3. The molecule has 3 heterocycles. The van der Waals surface area contributed by atoms with Gasteiger partial charge in [-0.2, -0.15) is 0 Å². The molecule has 4 rings (SSSR count). The van der Waals surface area contributed by atoms with E-state index in [0.29, 0.717) is 10.0 Å². The molecule has 2 aromatic heterocycles. The third kappa shape index (κ3) is 3.91. The number of aromatic amines is 1. The molecule has 1 aliphatic rings. The van der Waals surface area contributed by atoms with E-state index in [1.807, 2.05) is 25.1 Å². The molecule has 1 aromatic carbocycles. The third-order valence-electron chi connectivity index (χ3n) is 4.46. The van der Waals surface area contributed by atoms with E-state index in [9.17, 15) is 0 Å². The van der Waals surface area contributed by atoms with E-state index in [1.54, 1.807) is 0 Å². The number of nitrogens with one attached hydrogen (secondary N) is 1. The summed E-state index contributed by atoms with van der Waals surface area (Å²) in [4.78, 5) is 15.1. The van der Waals surface area contributed by atoms with E-state index in [1.165, 1.54) is 19.3 Å². The molecule has 0 spiro atoms. The normalized spacial score (nSPS) is 14.0. The Morgan fingerprint density at radius 2 is 1.73 bits per heavy atom. The van der Waals surface area contributed by atoms with E-state index in [0.717, 1.165) is 47.0 Å². The van der Waals surface area contributed by atoms with Crippen LogP contribution in [0.2, 0.25) is 10.0 Å². The molecule has 5 nitrogen and oxygen atoms in total. The van der Waals surface area contributed by atoms with Crippen molar-refractivity contribution in [2.45, 2.75) is 26.2 Å². The summed E-state index contributed by atoms with van der Waals surface area (Å²) in [5.41, 5.74) is 3.89. The summed E-state index contributed by atoms with van der Waals surface area (Å²) < 4.78 is 0. The predicted molar refractivity (Wildman–Crippen MR) is 111 cm³/mol. The van der Waals surface area contributed by atoms with Gasteiger partial charge in [0.1, 0.15) is 11.3 Å². The summed E-state index contributed by atoms with van der Waals surface area (Å²) in [6.45, 7) is 4.04. The molecule has 0 aliphatic carbocycles. The number of hydrogen-bond acceptors (Lipinski definition) is 3. The minimum atomic E-state index is 0. The van der Waals surface area contributed by atoms with Gasteiger partial charge in [0.15, 0.2) is 5.82 Å². The van der Waals surface area contributed by atoms with Crippen LogP contribution in [0.25, 0.3) is 22.3 Å². The second-order valence-electron chi connectivity index (χ2n) is 6.21. The standard InChI is InChI=1S/C18H18Cl2N4.ClH.H2O/c1-11-21-16-10-15(12-5-6-13(19)14(20)9-12)23-17(16)18(22-11)24-7-3-2-4-8-24;;/h5-6,9-10,23H,2-4,7-8H2,1H3;1H;1H2. The number of rotatable bonds is 2. The van der Waals surface area contributed by atoms with E-state index < -0.39 is 0 Å². The van der Waals surface area contributed by atoms with Crippen LogP contribution in [0.3, 0.4) is 0 Å². The molecule has 3 aromatic rings. The zero-order valence-electron chi connectivity index (χ0n) is 14.4. The lowest BCUT2D eigenvalue weighted by Gasteiger charge is -2.28. The molecule has 1 fully saturated rings. The Balaban J connectivity index is 0.00000121. The summed E-state index contributed by atoms with van der Waals surface area (Å²) >= 11 is 12.2. The number of fused-ring (bicyclic) bond motifs is 1. The topological polar surface area (TPSA) is 76.3 Å². The van der Waals surface area contributed by atoms with Crippen LogP contribution in [0.4, 0.5) is 5.82 Å². The summed E-state index contributed by atoms with van der Waals surface area (Å²) in [5, 5.41) is 1.10. The minimum Gasteiger partial charge on any atom is -0.412 e. The monoisotopic (exact) mass is 414 g/mol. The van der Waals surface area contributed by atoms with Gasteiger partial charge in [-0.1, -0.05) is 29.3 Å². The highest BCUT2D eigenvalue weighted by atomic mass is 35.5. The molecule has 26 heavy (non-hydrogen) atoms. The molecule has 0 unspecified atom stereocenters. The van der Waals surface area contributed by atoms with Gasteiger partial charge < -0.3 is 15.4 Å². The van der Waals surface area contributed by atoms with Crippen molar-refractivity contribution in [1.82, 2.24) is 15.0 Å². The fraction of sp³-hybridized carbons (Fsp3) is 0.333. The lowest BCUT2D eigenvalue weighted by atomic mass is 10.1. The number of aryl methyl sites for hydroxylation is 1. The van der Waals surface area contributed by atoms with E-state index in [2.05, 4.69) is 20.9 Å². The van der Waals surface area contributed by atoms with Crippen LogP contribution in [0.5, 0.6) is 0 Å². The summed E-state index contributed by atoms with van der Waals surface area (Å²) in [6, 6.07) is 7.69. The highest BCUT2D eigenvalue weighted by Crippen LogP contribution is 2.32. The molecular formula is C18H21Cl3N4O. The van der Waals surface area contributed by atoms with Crippen LogP contribution in [0, 0.1) is 6.92 Å². The molecular weight excluding hydrogens is 395 g/mol. The van der Waals surface area contributed by atoms with Crippen molar-refractivity contribution < 1.29 is 5.48 Å². The number of H-pyrrole nitrogens is 1. The van der Waals surface area contributed by atoms with Gasteiger partial charge in [0, 0.05) is 18.8 Å². The summed E-state index contributed by atoms with van der Waals surface area (Å²) in [6.07, 6.45) is 3.72. The highest BCUT2D eigenvalue weighted by molar-refractivity contribution is 6.42. The van der Waals surface area contributed by atoms with Gasteiger partial charge in [-0.15, -0.1) is 12.4 Å². The third-order valence-corrected chi connectivity index (χ3v) is 5.20. The minimum absolute atomic E-state index is 0. The second kappa shape index (κ2) is 8.44. The van der Waals surface area contributed by atoms with Crippen LogP contribution in [0.15, 0.2) is 24.3 Å². The largest absolute Gasteiger partial charge is 0.412 e. The van der Waals surface area contributed by atoms with Gasteiger partial charge in [0.2, 0.25) is 0 Å². The maximum atomic E-state index is 6.16. The van der Waals surface area contributed by atoms with Crippen molar-refractivity contribution in [3.05, 3.63) is 40.1 Å². The first-order valence-electron chi connectivity index (χ1n) is 8.19. The Kier molecular flexibility index (Phi) is 6.74. The Morgan fingerprint density at radius 1 is 1.00 bits per heavy atom. The lowest BCUT2D eigenvalue weighted by Crippen LogP contribution is -2.30. The van der Waals surface area contributed by atoms with Crippen LogP contribution in [-0.2, 0) is 0 Å². The first-order valence-corrected chi connectivity index (χ1v) is 8.95. The first kappa shape index (κ1) is 20.8. The van der Waals surface area contributed by atoms with Crippen molar-refractivity contribution in [2.24, 2.45) is 0 Å². The Labute approximate surface area is 168 Å². The average molecular weight is 416 g/mol. The zero-order chi connectivity index (χ0) is 16.7. The van der Waals surface area contributed by atoms with Crippen molar-refractivity contribution in [1.29, 1.82) is 0 Å². The number of piperidine rings is 1. The molecule has 1 aliphatic heterocycles. The summed E-state index contributed by atoms with van der Waals surface area (Å²) in [7, 11) is 0. The zero-order valence-corrected chi connectivity index (χ0v) is 16.7. The van der Waals surface area contributed by atoms with Crippen molar-refractivity contribution in [3.63, 3.8) is 0 Å². The second-order valence-corrected chi connectivity index (χ2v) is 7.03. The summed E-state index contributed by atoms with van der Waals surface area (Å²) in [5.74, 6) is 1.80. The molecule has 0 saturated carbocycles. The van der Waals surface area contributed by atoms with Crippen molar-refractivity contribution in [2.75, 3.05) is 18.0 Å². The van der Waals surface area contributed by atoms with Gasteiger partial charge >= 0.3 is 0 Å². The van der Waals surface area contributed by atoms with Crippen LogP contribution in [0.1, 0.15) is 25.1 Å². The van der Waals surface area contributed by atoms with E-state index in [4.69, 9.17) is 28.2 Å². The van der Waals surface area contributed by atoms with Crippen molar-refractivity contribution in [3.8, 4) is 11.3 Å². The quantitative estimate of drug-likeness (QED) is 0.651. The predicted octanol–water partition coefficient (Wildman–Crippen LogP) is 4.83. The Morgan fingerprint density at radius 3 is 2.42 bits per heavy atom. The van der Waals surface area contributed by atoms with E-state index >= 15 is 0 Å². The number of anilines is 1. The van der Waals surface area contributed by atoms with Gasteiger partial charge in [0.25, 0.3) is 0 Å². The average Bonchev–Trinajstić information content (AvgIpc) is 3.01. The van der Waals surface area contributed by atoms with Crippen molar-refractivity contribution >= 4 is 52.5 Å². The smallest absolute Gasteiger partial charge is 0.156 e. The molecule has 0 atom stereocenters. The Bertz CT molecular complexity index is 907. The lowest BCUT2D eigenvalue weighted by molar-refractivity contribution is 0.574. The molecule has 1 saturated heterocycles. The van der Waals surface area contributed by atoms with Crippen LogP contribution in [-0.4, -0.2) is 33.5 Å². The van der Waals surface area contributed by atoms with E-state index in [-0.39, 0.29) is 17.9 Å². The fourth-order valence-corrected chi connectivity index (χ4v) is 3.56.